The van der Waals surface area contributed by atoms with Crippen molar-refractivity contribution < 1.29 is 14.6 Å². The zero-order valence-corrected chi connectivity index (χ0v) is 12.0. The Morgan fingerprint density at radius 1 is 1.35 bits per heavy atom. The molecule has 1 saturated carbocycles. The molecule has 0 aliphatic heterocycles. The lowest BCUT2D eigenvalue weighted by Gasteiger charge is -2.15. The third-order valence-corrected chi connectivity index (χ3v) is 4.10. The fraction of sp³-hybridized carbons (Fsp3) is 0.562. The first-order valence-corrected chi connectivity index (χ1v) is 7.14. The molecule has 1 aliphatic carbocycles. The predicted octanol–water partition coefficient (Wildman–Crippen LogP) is 1.65. The quantitative estimate of drug-likeness (QED) is 0.709. The van der Waals surface area contributed by atoms with E-state index in [1.165, 1.54) is 20.0 Å². The summed E-state index contributed by atoms with van der Waals surface area (Å²) in [5.74, 6) is -0.212. The Kier molecular flexibility index (Phi) is 5.15. The maximum Gasteiger partial charge on any atom is 0.309 e. The number of benzene rings is 1. The van der Waals surface area contributed by atoms with Crippen LogP contribution in [0.25, 0.3) is 0 Å². The summed E-state index contributed by atoms with van der Waals surface area (Å²) in [6, 6.07) is 7.93. The van der Waals surface area contributed by atoms with Crippen molar-refractivity contribution in [1.29, 1.82) is 0 Å². The molecule has 1 aromatic carbocycles. The van der Waals surface area contributed by atoms with Crippen LogP contribution in [0.15, 0.2) is 24.3 Å². The molecule has 0 saturated heterocycles. The van der Waals surface area contributed by atoms with Crippen LogP contribution in [0.2, 0.25) is 0 Å². The molecule has 0 atom stereocenters. The highest BCUT2D eigenvalue weighted by molar-refractivity contribution is 5.72. The Morgan fingerprint density at radius 3 is 2.65 bits per heavy atom. The van der Waals surface area contributed by atoms with Gasteiger partial charge in [-0.1, -0.05) is 24.3 Å². The molecule has 1 aliphatic rings. The highest BCUT2D eigenvalue weighted by Crippen LogP contribution is 2.47. The van der Waals surface area contributed by atoms with E-state index < -0.39 is 0 Å². The molecule has 20 heavy (non-hydrogen) atoms. The summed E-state index contributed by atoms with van der Waals surface area (Å²) in [4.78, 5) is 11.4. The van der Waals surface area contributed by atoms with Crippen LogP contribution in [0.4, 0.5) is 0 Å². The molecular formula is C16H23NO3. The van der Waals surface area contributed by atoms with E-state index in [1.807, 2.05) is 24.3 Å². The summed E-state index contributed by atoms with van der Waals surface area (Å²) in [6.45, 7) is 1.95. The van der Waals surface area contributed by atoms with Crippen molar-refractivity contribution in [3.05, 3.63) is 35.4 Å². The summed E-state index contributed by atoms with van der Waals surface area (Å²) in [6.07, 6.45) is 3.59. The van der Waals surface area contributed by atoms with Gasteiger partial charge >= 0.3 is 5.97 Å². The first-order chi connectivity index (χ1) is 9.69. The van der Waals surface area contributed by atoms with E-state index in [0.29, 0.717) is 11.8 Å². The SMILES string of the molecule is COC(=O)Cc1ccccc1CNCC1(CCO)CC1. The summed E-state index contributed by atoms with van der Waals surface area (Å²) in [5.41, 5.74) is 2.46. The lowest BCUT2D eigenvalue weighted by molar-refractivity contribution is -0.139. The largest absolute Gasteiger partial charge is 0.469 e. The second-order valence-corrected chi connectivity index (χ2v) is 5.60. The van der Waals surface area contributed by atoms with Gasteiger partial charge in [-0.05, 0) is 35.8 Å². The number of rotatable bonds is 8. The van der Waals surface area contributed by atoms with Gasteiger partial charge in [0.15, 0.2) is 0 Å². The van der Waals surface area contributed by atoms with Crippen molar-refractivity contribution >= 4 is 5.97 Å². The van der Waals surface area contributed by atoms with Crippen LogP contribution in [0.5, 0.6) is 0 Å². The van der Waals surface area contributed by atoms with Crippen LogP contribution in [-0.2, 0) is 22.5 Å². The topological polar surface area (TPSA) is 58.6 Å². The molecule has 2 rings (SSSR count). The Bertz CT molecular complexity index is 455. The second-order valence-electron chi connectivity index (χ2n) is 5.60. The van der Waals surface area contributed by atoms with Crippen LogP contribution in [0, 0.1) is 5.41 Å². The number of nitrogens with one attached hydrogen (secondary N) is 1. The first-order valence-electron chi connectivity index (χ1n) is 7.14. The van der Waals surface area contributed by atoms with Crippen LogP contribution in [0.1, 0.15) is 30.4 Å². The molecule has 1 aromatic rings. The number of hydrogen-bond acceptors (Lipinski definition) is 4. The average molecular weight is 277 g/mol. The van der Waals surface area contributed by atoms with Gasteiger partial charge in [-0.15, -0.1) is 0 Å². The van der Waals surface area contributed by atoms with Gasteiger partial charge in [0.25, 0.3) is 0 Å². The third kappa shape index (κ3) is 4.05. The first kappa shape index (κ1) is 15.0. The van der Waals surface area contributed by atoms with E-state index in [1.54, 1.807) is 0 Å². The maximum absolute atomic E-state index is 11.4. The predicted molar refractivity (Wildman–Crippen MR) is 77.2 cm³/mol. The molecule has 0 unspecified atom stereocenters. The number of carbonyl (C=O) groups excluding carboxylic acids is 1. The molecule has 0 spiro atoms. The normalized spacial score (nSPS) is 15.9. The lowest BCUT2D eigenvalue weighted by Crippen LogP contribution is -2.25. The standard InChI is InChI=1S/C16H23NO3/c1-20-15(19)10-13-4-2-3-5-14(13)11-17-12-16(6-7-16)8-9-18/h2-5,17-18H,6-12H2,1H3. The van der Waals surface area contributed by atoms with Gasteiger partial charge in [-0.25, -0.2) is 0 Å². The minimum Gasteiger partial charge on any atom is -0.469 e. The zero-order valence-electron chi connectivity index (χ0n) is 12.0. The van der Waals surface area contributed by atoms with Crippen molar-refractivity contribution in [2.24, 2.45) is 5.41 Å². The number of hydrogen-bond donors (Lipinski definition) is 2. The van der Waals surface area contributed by atoms with Gasteiger partial charge in [0.1, 0.15) is 0 Å². The van der Waals surface area contributed by atoms with Gasteiger partial charge in [0.05, 0.1) is 13.5 Å². The fourth-order valence-electron chi connectivity index (χ4n) is 2.52. The number of aliphatic hydroxyl groups excluding tert-OH is 1. The average Bonchev–Trinajstić information content (AvgIpc) is 3.21. The lowest BCUT2D eigenvalue weighted by atomic mass is 10.0. The summed E-state index contributed by atoms with van der Waals surface area (Å²) in [5, 5.41) is 12.5. The summed E-state index contributed by atoms with van der Waals surface area (Å²) < 4.78 is 4.72. The van der Waals surface area contributed by atoms with E-state index in [2.05, 4.69) is 5.32 Å². The van der Waals surface area contributed by atoms with E-state index in [-0.39, 0.29) is 12.6 Å². The molecule has 0 radical (unpaired) electrons. The molecule has 0 bridgehead atoms. The molecular weight excluding hydrogens is 254 g/mol. The second kappa shape index (κ2) is 6.86. The maximum atomic E-state index is 11.4. The van der Waals surface area contributed by atoms with E-state index in [0.717, 1.165) is 30.6 Å². The summed E-state index contributed by atoms with van der Waals surface area (Å²) >= 11 is 0. The van der Waals surface area contributed by atoms with Gasteiger partial charge in [0.2, 0.25) is 0 Å². The van der Waals surface area contributed by atoms with E-state index in [4.69, 9.17) is 9.84 Å². The van der Waals surface area contributed by atoms with Gasteiger partial charge in [-0.3, -0.25) is 4.79 Å². The van der Waals surface area contributed by atoms with Crippen molar-refractivity contribution in [3.63, 3.8) is 0 Å². The minimum atomic E-state index is -0.212. The zero-order chi connectivity index (χ0) is 14.4. The molecule has 4 heteroatoms. The molecule has 4 nitrogen and oxygen atoms in total. The van der Waals surface area contributed by atoms with Crippen LogP contribution >= 0.6 is 0 Å². The number of carbonyl (C=O) groups is 1. The Balaban J connectivity index is 1.87. The smallest absolute Gasteiger partial charge is 0.309 e. The minimum absolute atomic E-state index is 0.212. The van der Waals surface area contributed by atoms with Crippen LogP contribution in [0.3, 0.4) is 0 Å². The molecule has 2 N–H and O–H groups in total. The highest BCUT2D eigenvalue weighted by Gasteiger charge is 2.41. The van der Waals surface area contributed by atoms with Crippen molar-refractivity contribution in [2.45, 2.75) is 32.2 Å². The van der Waals surface area contributed by atoms with E-state index >= 15 is 0 Å². The third-order valence-electron chi connectivity index (χ3n) is 4.10. The molecule has 1 fully saturated rings. The highest BCUT2D eigenvalue weighted by atomic mass is 16.5. The number of methoxy groups -OCH3 is 1. The monoisotopic (exact) mass is 277 g/mol. The van der Waals surface area contributed by atoms with Crippen molar-refractivity contribution in [1.82, 2.24) is 5.32 Å². The summed E-state index contributed by atoms with van der Waals surface area (Å²) in [7, 11) is 1.41. The Morgan fingerprint density at radius 2 is 2.05 bits per heavy atom. The molecule has 0 heterocycles. The van der Waals surface area contributed by atoms with Crippen molar-refractivity contribution in [2.75, 3.05) is 20.3 Å². The number of aliphatic hydroxyl groups is 1. The molecule has 0 amide bonds. The van der Waals surface area contributed by atoms with E-state index in [9.17, 15) is 4.79 Å². The number of esters is 1. The van der Waals surface area contributed by atoms with Crippen LogP contribution in [-0.4, -0.2) is 31.3 Å². The van der Waals surface area contributed by atoms with Gasteiger partial charge < -0.3 is 15.2 Å². The number of ether oxygens (including phenoxy) is 1. The van der Waals surface area contributed by atoms with Gasteiger partial charge in [0, 0.05) is 19.7 Å². The van der Waals surface area contributed by atoms with Crippen LogP contribution < -0.4 is 5.32 Å². The van der Waals surface area contributed by atoms with Gasteiger partial charge in [-0.2, -0.15) is 0 Å². The fourth-order valence-corrected chi connectivity index (χ4v) is 2.52. The van der Waals surface area contributed by atoms with Crippen molar-refractivity contribution in [3.8, 4) is 0 Å². The Hall–Kier alpha value is -1.39. The Labute approximate surface area is 120 Å². The molecule has 0 aromatic heterocycles. The molecule has 110 valence electrons.